The number of likely N-dealkylation sites (tertiary alicyclic amines) is 1. The zero-order valence-electron chi connectivity index (χ0n) is 12.5. The van der Waals surface area contributed by atoms with Crippen molar-refractivity contribution in [1.82, 2.24) is 10.2 Å². The summed E-state index contributed by atoms with van der Waals surface area (Å²) in [6, 6.07) is 0.556. The van der Waals surface area contributed by atoms with E-state index in [1.54, 1.807) is 0 Å². The fourth-order valence-electron chi connectivity index (χ4n) is 2.00. The highest BCUT2D eigenvalue weighted by Crippen LogP contribution is 2.19. The van der Waals surface area contributed by atoms with Crippen LogP contribution in [0.2, 0.25) is 0 Å². The summed E-state index contributed by atoms with van der Waals surface area (Å²) >= 11 is 0. The first kappa shape index (κ1) is 15.3. The molecule has 1 aliphatic heterocycles. The van der Waals surface area contributed by atoms with Crippen LogP contribution < -0.4 is 5.32 Å². The molecule has 0 aromatic rings. The molecule has 18 heavy (non-hydrogen) atoms. The summed E-state index contributed by atoms with van der Waals surface area (Å²) < 4.78 is 5.38. The van der Waals surface area contributed by atoms with Crippen LogP contribution in [-0.2, 0) is 4.74 Å². The highest BCUT2D eigenvalue weighted by Gasteiger charge is 2.29. The fourth-order valence-corrected chi connectivity index (χ4v) is 2.00. The van der Waals surface area contributed by atoms with Crippen LogP contribution in [-0.4, -0.2) is 42.3 Å². The summed E-state index contributed by atoms with van der Waals surface area (Å²) in [5.74, 6) is 0.562. The van der Waals surface area contributed by atoms with E-state index in [-0.39, 0.29) is 6.09 Å². The van der Waals surface area contributed by atoms with Crippen LogP contribution in [0.3, 0.4) is 0 Å². The monoisotopic (exact) mass is 256 g/mol. The van der Waals surface area contributed by atoms with Crippen LogP contribution in [0.25, 0.3) is 0 Å². The predicted octanol–water partition coefficient (Wildman–Crippen LogP) is 2.63. The van der Waals surface area contributed by atoms with Crippen LogP contribution in [0.4, 0.5) is 4.79 Å². The highest BCUT2D eigenvalue weighted by molar-refractivity contribution is 5.68. The number of rotatable bonds is 4. The van der Waals surface area contributed by atoms with Gasteiger partial charge in [0.25, 0.3) is 0 Å². The molecule has 0 aromatic carbocycles. The smallest absolute Gasteiger partial charge is 0.410 e. The number of nitrogens with zero attached hydrogens (tertiary/aromatic N) is 1. The van der Waals surface area contributed by atoms with E-state index in [0.717, 1.165) is 32.5 Å². The van der Waals surface area contributed by atoms with E-state index in [0.29, 0.717) is 12.0 Å². The van der Waals surface area contributed by atoms with Crippen LogP contribution in [0.15, 0.2) is 0 Å². The van der Waals surface area contributed by atoms with Crippen molar-refractivity contribution >= 4 is 6.09 Å². The highest BCUT2D eigenvalue weighted by atomic mass is 16.6. The van der Waals surface area contributed by atoms with Gasteiger partial charge in [0, 0.05) is 19.1 Å². The third kappa shape index (κ3) is 5.25. The first-order valence-electron chi connectivity index (χ1n) is 7.03. The van der Waals surface area contributed by atoms with E-state index in [1.807, 2.05) is 25.7 Å². The van der Waals surface area contributed by atoms with Gasteiger partial charge in [0.15, 0.2) is 0 Å². The van der Waals surface area contributed by atoms with Gasteiger partial charge in [-0.1, -0.05) is 6.92 Å². The SMILES string of the molecule is CCC(C)NCC1CCN(C(=O)OC(C)(C)C)C1. The third-order valence-electron chi connectivity index (χ3n) is 3.30. The molecule has 1 N–H and O–H groups in total. The zero-order chi connectivity index (χ0) is 13.8. The Morgan fingerprint density at radius 3 is 2.72 bits per heavy atom. The van der Waals surface area contributed by atoms with Crippen LogP contribution >= 0.6 is 0 Å². The Labute approximate surface area is 111 Å². The molecule has 2 atom stereocenters. The second-order valence-corrected chi connectivity index (χ2v) is 6.30. The molecule has 1 heterocycles. The average Bonchev–Trinajstić information content (AvgIpc) is 2.72. The maximum Gasteiger partial charge on any atom is 0.410 e. The molecule has 0 radical (unpaired) electrons. The van der Waals surface area contributed by atoms with Crippen molar-refractivity contribution in [3.05, 3.63) is 0 Å². The van der Waals surface area contributed by atoms with E-state index >= 15 is 0 Å². The molecule has 4 nitrogen and oxygen atoms in total. The molecule has 1 rings (SSSR count). The summed E-state index contributed by atoms with van der Waals surface area (Å²) in [7, 11) is 0. The Morgan fingerprint density at radius 1 is 1.50 bits per heavy atom. The van der Waals surface area contributed by atoms with Gasteiger partial charge in [0.05, 0.1) is 0 Å². The van der Waals surface area contributed by atoms with Gasteiger partial charge in [-0.2, -0.15) is 0 Å². The summed E-state index contributed by atoms with van der Waals surface area (Å²) in [5.41, 5.74) is -0.399. The maximum absolute atomic E-state index is 11.9. The number of hydrogen-bond donors (Lipinski definition) is 1. The molecule has 1 saturated heterocycles. The van der Waals surface area contributed by atoms with Gasteiger partial charge in [0.1, 0.15) is 5.60 Å². The van der Waals surface area contributed by atoms with E-state index in [4.69, 9.17) is 4.74 Å². The number of hydrogen-bond acceptors (Lipinski definition) is 3. The second-order valence-electron chi connectivity index (χ2n) is 6.30. The fraction of sp³-hybridized carbons (Fsp3) is 0.929. The Morgan fingerprint density at radius 2 is 2.17 bits per heavy atom. The minimum absolute atomic E-state index is 0.173. The molecular formula is C14H28N2O2. The number of carbonyl (C=O) groups is 1. The minimum Gasteiger partial charge on any atom is -0.444 e. The summed E-state index contributed by atoms with van der Waals surface area (Å²) in [6.07, 6.45) is 2.04. The van der Waals surface area contributed by atoms with E-state index < -0.39 is 5.60 Å². The van der Waals surface area contributed by atoms with Crippen molar-refractivity contribution in [2.75, 3.05) is 19.6 Å². The molecular weight excluding hydrogens is 228 g/mol. The van der Waals surface area contributed by atoms with Gasteiger partial charge >= 0.3 is 6.09 Å². The molecule has 106 valence electrons. The van der Waals surface area contributed by atoms with Crippen LogP contribution in [0.5, 0.6) is 0 Å². The molecule has 2 unspecified atom stereocenters. The lowest BCUT2D eigenvalue weighted by Gasteiger charge is -2.24. The Balaban J connectivity index is 2.30. The van der Waals surface area contributed by atoms with Crippen molar-refractivity contribution in [3.63, 3.8) is 0 Å². The molecule has 0 bridgehead atoms. The van der Waals surface area contributed by atoms with Crippen molar-refractivity contribution in [2.45, 2.75) is 59.1 Å². The van der Waals surface area contributed by atoms with Crippen molar-refractivity contribution < 1.29 is 9.53 Å². The Hall–Kier alpha value is -0.770. The van der Waals surface area contributed by atoms with Crippen LogP contribution in [0, 0.1) is 5.92 Å². The number of ether oxygens (including phenoxy) is 1. The van der Waals surface area contributed by atoms with Gasteiger partial charge in [0.2, 0.25) is 0 Å². The number of carbonyl (C=O) groups excluding carboxylic acids is 1. The molecule has 1 amide bonds. The van der Waals surface area contributed by atoms with E-state index in [9.17, 15) is 4.79 Å². The first-order chi connectivity index (χ1) is 8.31. The van der Waals surface area contributed by atoms with Gasteiger partial charge in [-0.05, 0) is 53.0 Å². The molecule has 1 aliphatic rings. The summed E-state index contributed by atoms with van der Waals surface area (Å²) in [5, 5.41) is 3.50. The van der Waals surface area contributed by atoms with E-state index in [1.165, 1.54) is 0 Å². The van der Waals surface area contributed by atoms with Crippen LogP contribution in [0.1, 0.15) is 47.5 Å². The van der Waals surface area contributed by atoms with Crippen molar-refractivity contribution in [2.24, 2.45) is 5.92 Å². The number of nitrogens with one attached hydrogen (secondary N) is 1. The molecule has 0 spiro atoms. The maximum atomic E-state index is 11.9. The zero-order valence-corrected chi connectivity index (χ0v) is 12.5. The second kappa shape index (κ2) is 6.41. The summed E-state index contributed by atoms with van der Waals surface area (Å²) in [4.78, 5) is 13.7. The normalized spacial score (nSPS) is 22.1. The lowest BCUT2D eigenvalue weighted by Crippen LogP contribution is -2.37. The number of amides is 1. The predicted molar refractivity (Wildman–Crippen MR) is 73.7 cm³/mol. The lowest BCUT2D eigenvalue weighted by atomic mass is 10.1. The molecule has 0 saturated carbocycles. The van der Waals surface area contributed by atoms with Gasteiger partial charge in [-0.15, -0.1) is 0 Å². The average molecular weight is 256 g/mol. The minimum atomic E-state index is -0.399. The third-order valence-corrected chi connectivity index (χ3v) is 3.30. The first-order valence-corrected chi connectivity index (χ1v) is 7.03. The Bertz CT molecular complexity index is 273. The van der Waals surface area contributed by atoms with Crippen molar-refractivity contribution in [1.29, 1.82) is 0 Å². The molecule has 0 aliphatic carbocycles. The molecule has 1 fully saturated rings. The Kier molecular flexibility index (Phi) is 5.45. The van der Waals surface area contributed by atoms with Gasteiger partial charge in [-0.3, -0.25) is 0 Å². The molecule has 4 heteroatoms. The quantitative estimate of drug-likeness (QED) is 0.840. The van der Waals surface area contributed by atoms with Gasteiger partial charge in [-0.25, -0.2) is 4.79 Å². The largest absolute Gasteiger partial charge is 0.444 e. The standard InChI is InChI=1S/C14H28N2O2/c1-6-11(2)15-9-12-7-8-16(10-12)13(17)18-14(3,4)5/h11-12,15H,6-10H2,1-5H3. The molecule has 0 aromatic heterocycles. The van der Waals surface area contributed by atoms with Crippen molar-refractivity contribution in [3.8, 4) is 0 Å². The lowest BCUT2D eigenvalue weighted by molar-refractivity contribution is 0.0288. The van der Waals surface area contributed by atoms with Gasteiger partial charge < -0.3 is 15.0 Å². The summed E-state index contributed by atoms with van der Waals surface area (Å²) in [6.45, 7) is 12.7. The topological polar surface area (TPSA) is 41.6 Å². The van der Waals surface area contributed by atoms with E-state index in [2.05, 4.69) is 19.2 Å².